The van der Waals surface area contributed by atoms with Gasteiger partial charge in [0.1, 0.15) is 0 Å². The van der Waals surface area contributed by atoms with E-state index in [1.54, 1.807) is 7.11 Å². The number of aromatic nitrogens is 2. The van der Waals surface area contributed by atoms with Crippen LogP contribution in [-0.2, 0) is 13.6 Å². The summed E-state index contributed by atoms with van der Waals surface area (Å²) in [7, 11) is 3.67. The lowest BCUT2D eigenvalue weighted by atomic mass is 10.0. The second-order valence-electron chi connectivity index (χ2n) is 8.56. The smallest absolute Gasteiger partial charge is 0.194 e. The highest BCUT2D eigenvalue weighted by atomic mass is 16.5. The fraction of sp³-hybridized carbons (Fsp3) is 0.583. The van der Waals surface area contributed by atoms with Gasteiger partial charge in [0.25, 0.3) is 0 Å². The highest BCUT2D eigenvalue weighted by Gasteiger charge is 2.27. The van der Waals surface area contributed by atoms with E-state index in [1.807, 2.05) is 24.0 Å². The Morgan fingerprint density at radius 2 is 2.06 bits per heavy atom. The van der Waals surface area contributed by atoms with Gasteiger partial charge in [0.15, 0.2) is 17.5 Å². The average molecular weight is 426 g/mol. The van der Waals surface area contributed by atoms with E-state index in [-0.39, 0.29) is 0 Å². The number of benzene rings is 1. The number of rotatable bonds is 7. The van der Waals surface area contributed by atoms with Gasteiger partial charge in [-0.2, -0.15) is 5.10 Å². The Hall–Kier alpha value is -2.70. The molecule has 7 heteroatoms. The Kier molecular flexibility index (Phi) is 6.99. The first kappa shape index (κ1) is 21.5. The van der Waals surface area contributed by atoms with Gasteiger partial charge in [0.05, 0.1) is 26.0 Å². The largest absolute Gasteiger partial charge is 0.493 e. The molecule has 1 unspecified atom stereocenters. The topological polar surface area (TPSA) is 63.9 Å². The predicted molar refractivity (Wildman–Crippen MR) is 123 cm³/mol. The molecular formula is C24H35N5O2. The number of nitrogens with one attached hydrogen (secondary N) is 1. The molecule has 0 bridgehead atoms. The first-order valence-corrected chi connectivity index (χ1v) is 11.5. The molecule has 2 aromatic rings. The van der Waals surface area contributed by atoms with Gasteiger partial charge in [0, 0.05) is 38.8 Å². The van der Waals surface area contributed by atoms with E-state index in [0.717, 1.165) is 61.9 Å². The Morgan fingerprint density at radius 1 is 1.23 bits per heavy atom. The summed E-state index contributed by atoms with van der Waals surface area (Å²) in [6, 6.07) is 6.17. The maximum Gasteiger partial charge on any atom is 0.194 e. The van der Waals surface area contributed by atoms with Crippen molar-refractivity contribution >= 4 is 5.96 Å². The molecule has 1 saturated heterocycles. The van der Waals surface area contributed by atoms with Crippen LogP contribution in [0.2, 0.25) is 0 Å². The number of hydrogen-bond acceptors (Lipinski definition) is 4. The molecule has 0 radical (unpaired) electrons. The zero-order valence-corrected chi connectivity index (χ0v) is 19.0. The van der Waals surface area contributed by atoms with Gasteiger partial charge in [-0.05, 0) is 62.3 Å². The molecule has 0 spiro atoms. The minimum Gasteiger partial charge on any atom is -0.493 e. The van der Waals surface area contributed by atoms with Crippen molar-refractivity contribution in [2.24, 2.45) is 12.0 Å². The minimum absolute atomic E-state index is 0.305. The molecule has 168 valence electrons. The predicted octanol–water partition coefficient (Wildman–Crippen LogP) is 3.71. The Bertz CT molecular complexity index is 888. The number of guanidine groups is 1. The molecule has 4 rings (SSSR count). The zero-order valence-electron chi connectivity index (χ0n) is 19.0. The number of aryl methyl sites for hydroxylation is 1. The number of aliphatic imine (C=N–C) groups is 1. The molecule has 1 N–H and O–H groups in total. The highest BCUT2D eigenvalue weighted by molar-refractivity contribution is 5.80. The summed E-state index contributed by atoms with van der Waals surface area (Å²) >= 11 is 0. The first-order valence-electron chi connectivity index (χ1n) is 11.5. The number of likely N-dealkylation sites (tertiary alicyclic amines) is 1. The van der Waals surface area contributed by atoms with Crippen LogP contribution in [0.3, 0.4) is 0 Å². The molecule has 1 aliphatic carbocycles. The van der Waals surface area contributed by atoms with Crippen molar-refractivity contribution in [2.45, 2.75) is 57.6 Å². The van der Waals surface area contributed by atoms with E-state index < -0.39 is 0 Å². The zero-order chi connectivity index (χ0) is 21.6. The van der Waals surface area contributed by atoms with Crippen LogP contribution >= 0.6 is 0 Å². The van der Waals surface area contributed by atoms with Crippen molar-refractivity contribution in [1.82, 2.24) is 20.0 Å². The van der Waals surface area contributed by atoms with Crippen molar-refractivity contribution in [1.29, 1.82) is 0 Å². The fourth-order valence-electron chi connectivity index (χ4n) is 4.57. The van der Waals surface area contributed by atoms with Crippen LogP contribution in [-0.4, -0.2) is 53.5 Å². The van der Waals surface area contributed by atoms with Crippen LogP contribution in [0.4, 0.5) is 0 Å². The average Bonchev–Trinajstić information content (AvgIpc) is 3.53. The van der Waals surface area contributed by atoms with Crippen LogP contribution in [0, 0.1) is 0 Å². The van der Waals surface area contributed by atoms with E-state index in [0.29, 0.717) is 18.6 Å². The number of ether oxygens (including phenoxy) is 2. The molecule has 0 amide bonds. The molecular weight excluding hydrogens is 390 g/mol. The van der Waals surface area contributed by atoms with E-state index in [9.17, 15) is 0 Å². The molecule has 2 heterocycles. The lowest BCUT2D eigenvalue weighted by Crippen LogP contribution is -2.40. The Balaban J connectivity index is 1.44. The standard InChI is InChI=1S/C24H35N5O2/c1-4-25-24(29-12-11-19(17-29)20-15-27-28(2)16-20)26-14-18-9-10-22(30-3)23(13-18)31-21-7-5-6-8-21/h9-10,13,15-16,19,21H,4-8,11-12,14,17H2,1-3H3,(H,25,26). The SMILES string of the molecule is CCNC(=NCc1ccc(OC)c(OC2CCCC2)c1)N1CCC(c2cnn(C)c2)C1. The summed E-state index contributed by atoms with van der Waals surface area (Å²) < 4.78 is 13.7. The number of nitrogens with zero attached hydrogens (tertiary/aromatic N) is 4. The first-order chi connectivity index (χ1) is 15.2. The molecule has 2 aliphatic rings. The van der Waals surface area contributed by atoms with Gasteiger partial charge in [-0.15, -0.1) is 0 Å². The molecule has 1 aromatic carbocycles. The minimum atomic E-state index is 0.305. The van der Waals surface area contributed by atoms with Gasteiger partial charge >= 0.3 is 0 Å². The Labute approximate surface area is 185 Å². The van der Waals surface area contributed by atoms with Crippen LogP contribution < -0.4 is 14.8 Å². The number of methoxy groups -OCH3 is 1. The third-order valence-corrected chi connectivity index (χ3v) is 6.25. The third kappa shape index (κ3) is 5.32. The fourth-order valence-corrected chi connectivity index (χ4v) is 4.57. The maximum absolute atomic E-state index is 6.25. The van der Waals surface area contributed by atoms with Crippen molar-refractivity contribution in [3.63, 3.8) is 0 Å². The Morgan fingerprint density at radius 3 is 2.77 bits per heavy atom. The normalized spacial score (nSPS) is 19.8. The molecule has 1 aromatic heterocycles. The van der Waals surface area contributed by atoms with Crippen molar-refractivity contribution in [2.75, 3.05) is 26.7 Å². The molecule has 1 saturated carbocycles. The van der Waals surface area contributed by atoms with Crippen molar-refractivity contribution in [3.8, 4) is 11.5 Å². The highest BCUT2D eigenvalue weighted by Crippen LogP contribution is 2.33. The second-order valence-corrected chi connectivity index (χ2v) is 8.56. The van der Waals surface area contributed by atoms with Crippen LogP contribution in [0.15, 0.2) is 35.6 Å². The lowest BCUT2D eigenvalue weighted by Gasteiger charge is -2.22. The summed E-state index contributed by atoms with van der Waals surface area (Å²) in [5, 5.41) is 7.80. The monoisotopic (exact) mass is 425 g/mol. The molecule has 1 aliphatic heterocycles. The van der Waals surface area contributed by atoms with E-state index in [2.05, 4.69) is 40.6 Å². The second kappa shape index (κ2) is 10.1. The van der Waals surface area contributed by atoms with Crippen LogP contribution in [0.5, 0.6) is 11.5 Å². The van der Waals surface area contributed by atoms with E-state index >= 15 is 0 Å². The number of hydrogen-bond donors (Lipinski definition) is 1. The maximum atomic E-state index is 6.25. The van der Waals surface area contributed by atoms with E-state index in [1.165, 1.54) is 18.4 Å². The van der Waals surface area contributed by atoms with Gasteiger partial charge in [-0.3, -0.25) is 4.68 Å². The summed E-state index contributed by atoms with van der Waals surface area (Å²) in [6.07, 6.45) is 10.3. The molecule has 7 nitrogen and oxygen atoms in total. The van der Waals surface area contributed by atoms with Gasteiger partial charge < -0.3 is 19.7 Å². The van der Waals surface area contributed by atoms with Crippen LogP contribution in [0.1, 0.15) is 56.1 Å². The van der Waals surface area contributed by atoms with Crippen LogP contribution in [0.25, 0.3) is 0 Å². The van der Waals surface area contributed by atoms with Gasteiger partial charge in [-0.1, -0.05) is 6.07 Å². The summed E-state index contributed by atoms with van der Waals surface area (Å²) in [6.45, 7) is 5.55. The van der Waals surface area contributed by atoms with Crippen molar-refractivity contribution < 1.29 is 9.47 Å². The lowest BCUT2D eigenvalue weighted by molar-refractivity contribution is 0.200. The van der Waals surface area contributed by atoms with Gasteiger partial charge in [-0.25, -0.2) is 4.99 Å². The molecule has 1 atom stereocenters. The molecule has 31 heavy (non-hydrogen) atoms. The van der Waals surface area contributed by atoms with E-state index in [4.69, 9.17) is 14.5 Å². The summed E-state index contributed by atoms with van der Waals surface area (Å²) in [5.74, 6) is 3.11. The summed E-state index contributed by atoms with van der Waals surface area (Å²) in [5.41, 5.74) is 2.44. The van der Waals surface area contributed by atoms with Crippen molar-refractivity contribution in [3.05, 3.63) is 41.7 Å². The van der Waals surface area contributed by atoms with Gasteiger partial charge in [0.2, 0.25) is 0 Å². The quantitative estimate of drug-likeness (QED) is 0.541. The molecule has 2 fully saturated rings. The summed E-state index contributed by atoms with van der Waals surface area (Å²) in [4.78, 5) is 7.30. The third-order valence-electron chi connectivity index (χ3n) is 6.25.